The molecule has 0 saturated carbocycles. The quantitative estimate of drug-likeness (QED) is 0.110. The first kappa shape index (κ1) is 32.0. The van der Waals surface area contributed by atoms with Crippen LogP contribution in [0.4, 0.5) is 13.2 Å². The Hall–Kier alpha value is -1.99. The molecule has 0 atom stereocenters. The molecule has 2 saturated heterocycles. The Labute approximate surface area is 275 Å². The number of likely N-dealkylation sites (tertiary alicyclic amines) is 1. The van der Waals surface area contributed by atoms with Crippen molar-refractivity contribution in [1.29, 1.82) is 0 Å². The van der Waals surface area contributed by atoms with Crippen LogP contribution in [0.3, 0.4) is 0 Å². The van der Waals surface area contributed by atoms with Crippen molar-refractivity contribution in [2.45, 2.75) is 48.4 Å². The minimum absolute atomic E-state index is 0.268. The third-order valence-electron chi connectivity index (χ3n) is 8.49. The van der Waals surface area contributed by atoms with E-state index in [0.717, 1.165) is 107 Å². The summed E-state index contributed by atoms with van der Waals surface area (Å²) in [5.41, 5.74) is 2.18. The van der Waals surface area contributed by atoms with Crippen molar-refractivity contribution in [3.63, 3.8) is 0 Å². The summed E-state index contributed by atoms with van der Waals surface area (Å²) in [6, 6.07) is 19.5. The summed E-state index contributed by atoms with van der Waals surface area (Å²) in [4.78, 5) is 19.1. The van der Waals surface area contributed by atoms with E-state index in [1.165, 1.54) is 29.0 Å². The Morgan fingerprint density at radius 1 is 0.977 bits per heavy atom. The van der Waals surface area contributed by atoms with E-state index in [1.807, 2.05) is 24.3 Å². The molecule has 0 aliphatic carbocycles. The average molecular weight is 800 g/mol. The first-order valence-corrected chi connectivity index (χ1v) is 21.0. The Morgan fingerprint density at radius 3 is 2.36 bits per heavy atom. The van der Waals surface area contributed by atoms with Gasteiger partial charge in [-0.3, -0.25) is 0 Å². The van der Waals surface area contributed by atoms with Gasteiger partial charge in [0.05, 0.1) is 0 Å². The molecule has 44 heavy (non-hydrogen) atoms. The molecule has 0 unspecified atom stereocenters. The van der Waals surface area contributed by atoms with Crippen molar-refractivity contribution in [2.24, 2.45) is 0 Å². The summed E-state index contributed by atoms with van der Waals surface area (Å²) in [7, 11) is 0. The van der Waals surface area contributed by atoms with Crippen LogP contribution in [0.2, 0.25) is 0 Å². The molecule has 2 fully saturated rings. The van der Waals surface area contributed by atoms with E-state index in [-0.39, 0.29) is 6.10 Å². The second-order valence-electron chi connectivity index (χ2n) is 11.5. The SMILES string of the molecule is CI(C(=O)c1cc2ccc(-c3ccc(C(F)(F)F)cc3)cc2s1)C1CCN(Cc2ccc(OC3CCNCC3)c(Br)c2)CC1. The van der Waals surface area contributed by atoms with Gasteiger partial charge in [-0.25, -0.2) is 0 Å². The standard InChI is InChI=1S/C34H35BrF3IN2O2S/c1-39(27-12-16-41(17-13-27)21-22-2-9-30(29(35)18-22)43-28-10-14-40-15-11-28)33(42)32-20-25-4-3-24(19-31(25)44-32)23-5-7-26(8-6-23)34(36,37)38/h2-9,18-20,27-28,40H,10-17,21H2,1H3. The molecule has 6 rings (SSSR count). The number of nitrogens with zero attached hydrogens (tertiary/aromatic N) is 1. The number of halogens is 5. The first-order valence-electron chi connectivity index (χ1n) is 14.9. The number of carbonyl (C=O) groups excluding carboxylic acids is 1. The van der Waals surface area contributed by atoms with Crippen molar-refractivity contribution < 1.29 is 22.7 Å². The van der Waals surface area contributed by atoms with Crippen LogP contribution in [-0.4, -0.2) is 49.8 Å². The Morgan fingerprint density at radius 2 is 1.68 bits per heavy atom. The third-order valence-corrected chi connectivity index (χ3v) is 16.6. The van der Waals surface area contributed by atoms with E-state index < -0.39 is 31.6 Å². The van der Waals surface area contributed by atoms with Crippen LogP contribution in [0.1, 0.15) is 46.5 Å². The van der Waals surface area contributed by atoms with Gasteiger partial charge in [0.25, 0.3) is 0 Å². The van der Waals surface area contributed by atoms with E-state index in [0.29, 0.717) is 7.71 Å². The second-order valence-corrected chi connectivity index (χ2v) is 19.1. The number of hydrogen-bond acceptors (Lipinski definition) is 5. The molecule has 4 nitrogen and oxygen atoms in total. The van der Waals surface area contributed by atoms with Crippen LogP contribution >= 0.6 is 47.1 Å². The summed E-state index contributed by atoms with van der Waals surface area (Å²) >= 11 is 3.33. The van der Waals surface area contributed by atoms with Gasteiger partial charge < -0.3 is 5.32 Å². The van der Waals surface area contributed by atoms with Gasteiger partial charge in [0.15, 0.2) is 0 Å². The Bertz CT molecular complexity index is 1610. The van der Waals surface area contributed by atoms with Gasteiger partial charge in [-0.2, -0.15) is 0 Å². The normalized spacial score (nSPS) is 17.6. The zero-order valence-corrected chi connectivity index (χ0v) is 29.0. The fourth-order valence-electron chi connectivity index (χ4n) is 5.92. The molecule has 2 aliphatic heterocycles. The van der Waals surface area contributed by atoms with Gasteiger partial charge in [-0.05, 0) is 13.1 Å². The fourth-order valence-corrected chi connectivity index (χ4v) is 12.7. The monoisotopic (exact) mass is 798 g/mol. The van der Waals surface area contributed by atoms with Crippen molar-refractivity contribution >= 4 is 61.0 Å². The summed E-state index contributed by atoms with van der Waals surface area (Å²) in [6.07, 6.45) is 0.0778. The van der Waals surface area contributed by atoms with Gasteiger partial charge in [-0.15, -0.1) is 0 Å². The molecular weight excluding hydrogens is 764 g/mol. The predicted molar refractivity (Wildman–Crippen MR) is 185 cm³/mol. The fraction of sp³-hybridized carbons (Fsp3) is 0.382. The van der Waals surface area contributed by atoms with E-state index >= 15 is 0 Å². The maximum absolute atomic E-state index is 13.6. The molecule has 0 spiro atoms. The molecule has 1 N–H and O–H groups in total. The molecule has 3 heterocycles. The topological polar surface area (TPSA) is 41.6 Å². The van der Waals surface area contributed by atoms with Crippen LogP contribution < -0.4 is 10.1 Å². The summed E-state index contributed by atoms with van der Waals surface area (Å²) < 4.78 is 47.9. The van der Waals surface area contributed by atoms with E-state index in [9.17, 15) is 18.0 Å². The number of carbonyl (C=O) groups is 1. The average Bonchev–Trinajstić information content (AvgIpc) is 3.46. The summed E-state index contributed by atoms with van der Waals surface area (Å²) in [5, 5.41) is 4.38. The number of fused-ring (bicyclic) bond motifs is 1. The molecule has 10 heteroatoms. The third kappa shape index (κ3) is 7.52. The molecule has 0 radical (unpaired) electrons. The van der Waals surface area contributed by atoms with Crippen molar-refractivity contribution in [3.8, 4) is 16.9 Å². The van der Waals surface area contributed by atoms with Crippen molar-refractivity contribution in [3.05, 3.63) is 87.2 Å². The number of nitrogens with one attached hydrogen (secondary N) is 1. The molecular formula is C34H35BrF3IN2O2S. The molecule has 0 bridgehead atoms. The second kappa shape index (κ2) is 13.8. The van der Waals surface area contributed by atoms with E-state index in [4.69, 9.17) is 4.74 Å². The molecule has 3 aromatic carbocycles. The zero-order valence-electron chi connectivity index (χ0n) is 24.4. The van der Waals surface area contributed by atoms with Crippen LogP contribution in [-0.2, 0) is 12.7 Å². The van der Waals surface area contributed by atoms with Crippen LogP contribution in [0.25, 0.3) is 21.2 Å². The number of benzene rings is 3. The molecule has 1 aromatic heterocycles. The molecule has 0 amide bonds. The Balaban J connectivity index is 1.04. The maximum atomic E-state index is 13.6. The number of thiophene rings is 1. The van der Waals surface area contributed by atoms with Crippen LogP contribution in [0, 0.1) is 0 Å². The molecule has 234 valence electrons. The van der Waals surface area contributed by atoms with E-state index in [1.54, 1.807) is 0 Å². The van der Waals surface area contributed by atoms with Crippen LogP contribution in [0.5, 0.6) is 5.75 Å². The van der Waals surface area contributed by atoms with Crippen LogP contribution in [0.15, 0.2) is 71.2 Å². The number of hydrogen-bond donors (Lipinski definition) is 1. The summed E-state index contributed by atoms with van der Waals surface area (Å²) in [5.74, 6) is 0.913. The molecule has 2 aliphatic rings. The molecule has 4 aromatic rings. The Kier molecular flexibility index (Phi) is 10.0. The van der Waals surface area contributed by atoms with E-state index in [2.05, 4.69) is 49.3 Å². The van der Waals surface area contributed by atoms with Gasteiger partial charge >= 0.3 is 259 Å². The number of rotatable bonds is 8. The summed E-state index contributed by atoms with van der Waals surface area (Å²) in [6.45, 7) is 4.89. The van der Waals surface area contributed by atoms with Gasteiger partial charge in [-0.1, -0.05) is 0 Å². The van der Waals surface area contributed by atoms with Gasteiger partial charge in [0.2, 0.25) is 0 Å². The van der Waals surface area contributed by atoms with Crippen molar-refractivity contribution in [1.82, 2.24) is 10.2 Å². The first-order chi connectivity index (χ1) is 21.1. The predicted octanol–water partition coefficient (Wildman–Crippen LogP) is 9.42. The number of piperidine rings is 2. The van der Waals surface area contributed by atoms with Gasteiger partial charge in [0, 0.05) is 0 Å². The number of alkyl halides is 5. The minimum atomic E-state index is -4.35. The van der Waals surface area contributed by atoms with Gasteiger partial charge in [0.1, 0.15) is 0 Å². The zero-order chi connectivity index (χ0) is 30.8. The van der Waals surface area contributed by atoms with Crippen molar-refractivity contribution in [2.75, 3.05) is 31.1 Å². The number of ether oxygens (including phenoxy) is 1.